The Morgan fingerprint density at radius 2 is 2.16 bits per heavy atom. The Kier molecular flexibility index (Phi) is 4.02. The summed E-state index contributed by atoms with van der Waals surface area (Å²) in [5.74, 6) is -0.449. The summed E-state index contributed by atoms with van der Waals surface area (Å²) in [4.78, 5) is 10.7. The molecule has 0 aliphatic rings. The second-order valence-electron chi connectivity index (χ2n) is 4.59. The van der Waals surface area contributed by atoms with Crippen molar-refractivity contribution >= 4 is 5.97 Å². The number of hydrogen-bond donors (Lipinski definition) is 2. The van der Waals surface area contributed by atoms with Crippen LogP contribution in [0.4, 0.5) is 0 Å². The van der Waals surface area contributed by atoms with Crippen LogP contribution >= 0.6 is 0 Å². The molecule has 2 aromatic rings. The van der Waals surface area contributed by atoms with Gasteiger partial charge in [0, 0.05) is 6.04 Å². The average Bonchev–Trinajstić information content (AvgIpc) is 2.85. The SMILES string of the molecule is Cc1cccc([C@H](C)NCc2ccc(C(=O)O)o2)c1. The normalized spacial score (nSPS) is 12.3. The van der Waals surface area contributed by atoms with Gasteiger partial charge in [0.25, 0.3) is 0 Å². The molecule has 0 aliphatic heterocycles. The molecule has 1 heterocycles. The van der Waals surface area contributed by atoms with Crippen LogP contribution in [0.2, 0.25) is 0 Å². The predicted molar refractivity (Wildman–Crippen MR) is 72.1 cm³/mol. The van der Waals surface area contributed by atoms with E-state index in [1.54, 1.807) is 6.07 Å². The summed E-state index contributed by atoms with van der Waals surface area (Å²) in [5.41, 5.74) is 2.42. The minimum absolute atomic E-state index is 0.0278. The van der Waals surface area contributed by atoms with E-state index in [1.165, 1.54) is 17.2 Å². The van der Waals surface area contributed by atoms with Gasteiger partial charge in [-0.25, -0.2) is 4.79 Å². The van der Waals surface area contributed by atoms with E-state index in [0.717, 1.165) is 0 Å². The van der Waals surface area contributed by atoms with Crippen molar-refractivity contribution in [2.24, 2.45) is 0 Å². The average molecular weight is 259 g/mol. The lowest BCUT2D eigenvalue weighted by atomic mass is 10.1. The van der Waals surface area contributed by atoms with Crippen molar-refractivity contribution in [2.75, 3.05) is 0 Å². The van der Waals surface area contributed by atoms with Gasteiger partial charge >= 0.3 is 5.97 Å². The van der Waals surface area contributed by atoms with E-state index in [-0.39, 0.29) is 11.8 Å². The van der Waals surface area contributed by atoms with Gasteiger partial charge in [-0.15, -0.1) is 0 Å². The smallest absolute Gasteiger partial charge is 0.371 e. The molecule has 1 aromatic carbocycles. The molecule has 0 radical (unpaired) electrons. The molecule has 4 heteroatoms. The number of benzene rings is 1. The van der Waals surface area contributed by atoms with E-state index >= 15 is 0 Å². The van der Waals surface area contributed by atoms with Gasteiger partial charge in [-0.1, -0.05) is 29.8 Å². The largest absolute Gasteiger partial charge is 0.475 e. The second-order valence-corrected chi connectivity index (χ2v) is 4.59. The highest BCUT2D eigenvalue weighted by Gasteiger charge is 2.10. The molecule has 0 aliphatic carbocycles. The molecule has 0 amide bonds. The lowest BCUT2D eigenvalue weighted by Crippen LogP contribution is -2.17. The third kappa shape index (κ3) is 3.45. The van der Waals surface area contributed by atoms with Crippen molar-refractivity contribution in [2.45, 2.75) is 26.4 Å². The molecule has 0 bridgehead atoms. The van der Waals surface area contributed by atoms with E-state index in [0.29, 0.717) is 12.3 Å². The van der Waals surface area contributed by atoms with Crippen LogP contribution < -0.4 is 5.32 Å². The standard InChI is InChI=1S/C15H17NO3/c1-10-4-3-5-12(8-10)11(2)16-9-13-6-7-14(19-13)15(17)18/h3-8,11,16H,9H2,1-2H3,(H,17,18)/t11-/m0/s1. The molecule has 0 saturated heterocycles. The zero-order chi connectivity index (χ0) is 13.8. The Labute approximate surface area is 112 Å². The highest BCUT2D eigenvalue weighted by atomic mass is 16.4. The fourth-order valence-corrected chi connectivity index (χ4v) is 1.90. The fraction of sp³-hybridized carbons (Fsp3) is 0.267. The molecule has 0 spiro atoms. The highest BCUT2D eigenvalue weighted by molar-refractivity contribution is 5.84. The predicted octanol–water partition coefficient (Wildman–Crippen LogP) is 3.14. The monoisotopic (exact) mass is 259 g/mol. The molecular formula is C15H17NO3. The maximum atomic E-state index is 10.7. The molecule has 100 valence electrons. The minimum Gasteiger partial charge on any atom is -0.475 e. The van der Waals surface area contributed by atoms with Crippen LogP contribution in [0.1, 0.15) is 40.4 Å². The van der Waals surface area contributed by atoms with Crippen molar-refractivity contribution in [3.63, 3.8) is 0 Å². The Morgan fingerprint density at radius 1 is 1.37 bits per heavy atom. The van der Waals surface area contributed by atoms with E-state index in [9.17, 15) is 4.79 Å². The maximum absolute atomic E-state index is 10.7. The van der Waals surface area contributed by atoms with Crippen molar-refractivity contribution in [1.29, 1.82) is 0 Å². The van der Waals surface area contributed by atoms with Gasteiger partial charge in [0.1, 0.15) is 5.76 Å². The summed E-state index contributed by atoms with van der Waals surface area (Å²) < 4.78 is 5.19. The van der Waals surface area contributed by atoms with Gasteiger partial charge in [-0.05, 0) is 31.5 Å². The van der Waals surface area contributed by atoms with Crippen molar-refractivity contribution in [3.8, 4) is 0 Å². The lowest BCUT2D eigenvalue weighted by molar-refractivity contribution is 0.0660. The van der Waals surface area contributed by atoms with E-state index in [4.69, 9.17) is 9.52 Å². The number of hydrogen-bond acceptors (Lipinski definition) is 3. The Bertz CT molecular complexity index is 574. The number of furan rings is 1. The summed E-state index contributed by atoms with van der Waals surface area (Å²) in [6.45, 7) is 4.63. The first-order chi connectivity index (χ1) is 9.06. The van der Waals surface area contributed by atoms with Gasteiger partial charge in [-0.3, -0.25) is 0 Å². The molecule has 0 saturated carbocycles. The first kappa shape index (κ1) is 13.4. The van der Waals surface area contributed by atoms with Crippen molar-refractivity contribution in [3.05, 3.63) is 59.0 Å². The van der Waals surface area contributed by atoms with Crippen molar-refractivity contribution < 1.29 is 14.3 Å². The van der Waals surface area contributed by atoms with Crippen LogP contribution in [0.15, 0.2) is 40.8 Å². The summed E-state index contributed by atoms with van der Waals surface area (Å²) in [7, 11) is 0. The summed E-state index contributed by atoms with van der Waals surface area (Å²) in [6.07, 6.45) is 0. The number of rotatable bonds is 5. The van der Waals surface area contributed by atoms with Crippen LogP contribution in [0, 0.1) is 6.92 Å². The zero-order valence-electron chi connectivity index (χ0n) is 11.0. The highest BCUT2D eigenvalue weighted by Crippen LogP contribution is 2.15. The number of nitrogens with one attached hydrogen (secondary N) is 1. The number of carbonyl (C=O) groups is 1. The molecule has 19 heavy (non-hydrogen) atoms. The van der Waals surface area contributed by atoms with Crippen LogP contribution in [0.3, 0.4) is 0 Å². The Morgan fingerprint density at radius 3 is 2.79 bits per heavy atom. The molecular weight excluding hydrogens is 242 g/mol. The summed E-state index contributed by atoms with van der Waals surface area (Å²) >= 11 is 0. The number of carboxylic acid groups (broad SMARTS) is 1. The quantitative estimate of drug-likeness (QED) is 0.866. The Hall–Kier alpha value is -2.07. The molecule has 1 atom stereocenters. The molecule has 4 nitrogen and oxygen atoms in total. The summed E-state index contributed by atoms with van der Waals surface area (Å²) in [5, 5.41) is 12.1. The first-order valence-corrected chi connectivity index (χ1v) is 6.18. The molecule has 0 fully saturated rings. The fourth-order valence-electron chi connectivity index (χ4n) is 1.90. The Balaban J connectivity index is 1.96. The molecule has 1 aromatic heterocycles. The van der Waals surface area contributed by atoms with Crippen LogP contribution in [-0.4, -0.2) is 11.1 Å². The van der Waals surface area contributed by atoms with Gasteiger partial charge in [0.05, 0.1) is 6.54 Å². The molecule has 2 N–H and O–H groups in total. The third-order valence-corrected chi connectivity index (χ3v) is 3.00. The van der Waals surface area contributed by atoms with Gasteiger partial charge in [0.2, 0.25) is 5.76 Å². The van der Waals surface area contributed by atoms with E-state index < -0.39 is 5.97 Å². The first-order valence-electron chi connectivity index (χ1n) is 6.18. The lowest BCUT2D eigenvalue weighted by Gasteiger charge is -2.13. The molecule has 2 rings (SSSR count). The zero-order valence-corrected chi connectivity index (χ0v) is 11.0. The topological polar surface area (TPSA) is 62.5 Å². The number of carboxylic acids is 1. The molecule has 0 unspecified atom stereocenters. The number of aromatic carboxylic acids is 1. The summed E-state index contributed by atoms with van der Waals surface area (Å²) in [6, 6.07) is 11.6. The second kappa shape index (κ2) is 5.71. The van der Waals surface area contributed by atoms with Crippen LogP contribution in [0.25, 0.3) is 0 Å². The van der Waals surface area contributed by atoms with Gasteiger partial charge in [-0.2, -0.15) is 0 Å². The van der Waals surface area contributed by atoms with E-state index in [2.05, 4.69) is 37.4 Å². The minimum atomic E-state index is -1.04. The maximum Gasteiger partial charge on any atom is 0.371 e. The van der Waals surface area contributed by atoms with E-state index in [1.807, 2.05) is 6.07 Å². The van der Waals surface area contributed by atoms with Gasteiger partial charge < -0.3 is 14.8 Å². The van der Waals surface area contributed by atoms with Crippen LogP contribution in [0.5, 0.6) is 0 Å². The number of aryl methyl sites for hydroxylation is 1. The van der Waals surface area contributed by atoms with Gasteiger partial charge in [0.15, 0.2) is 0 Å². The van der Waals surface area contributed by atoms with Crippen LogP contribution in [-0.2, 0) is 6.54 Å². The third-order valence-electron chi connectivity index (χ3n) is 3.00. The van der Waals surface area contributed by atoms with Crippen molar-refractivity contribution in [1.82, 2.24) is 5.32 Å².